The Balaban J connectivity index is 2.05. The van der Waals surface area contributed by atoms with Crippen LogP contribution in [0, 0.1) is 6.92 Å². The minimum atomic E-state index is -1.02. The molecule has 0 unspecified atom stereocenters. The summed E-state index contributed by atoms with van der Waals surface area (Å²) in [7, 11) is 0. The lowest BCUT2D eigenvalue weighted by Crippen LogP contribution is -2.06. The molecule has 2 aromatic carbocycles. The van der Waals surface area contributed by atoms with Crippen LogP contribution in [0.25, 0.3) is 16.8 Å². The molecule has 3 aromatic rings. The van der Waals surface area contributed by atoms with Crippen LogP contribution >= 0.6 is 11.8 Å². The topological polar surface area (TPSA) is 88.1 Å². The number of aryl methyl sites for hydroxylation is 1. The maximum absolute atomic E-state index is 11.7. The van der Waals surface area contributed by atoms with Crippen LogP contribution < -0.4 is 4.74 Å². The summed E-state index contributed by atoms with van der Waals surface area (Å²) in [5.74, 6) is 0.392. The molecular weight excluding hydrogens is 350 g/mol. The van der Waals surface area contributed by atoms with Crippen molar-refractivity contribution in [3.05, 3.63) is 52.7 Å². The summed E-state index contributed by atoms with van der Waals surface area (Å²) >= 11 is 1.01. The van der Waals surface area contributed by atoms with E-state index >= 15 is 0 Å². The summed E-state index contributed by atoms with van der Waals surface area (Å²) in [4.78, 5) is 16.0. The Labute approximate surface area is 155 Å². The highest BCUT2D eigenvalue weighted by atomic mass is 32.2. The number of carbonyl (C=O) groups is 1. The van der Waals surface area contributed by atoms with Crippen LogP contribution in [0.4, 0.5) is 0 Å². The standard InChI is InChI=1S/C19H19N3O3S/c1-11(2)25-16-9-8-13(14-6-4-5-7-15(14)16)10-17(18(23)24)26-19-20-12(3)21-22-19/h4-11H,1-3H3,(H,23,24)(H,20,21,22)/b17-10-. The normalized spacial score (nSPS) is 11.9. The van der Waals surface area contributed by atoms with E-state index in [0.29, 0.717) is 11.0 Å². The highest BCUT2D eigenvalue weighted by Crippen LogP contribution is 2.33. The summed E-state index contributed by atoms with van der Waals surface area (Å²) in [5.41, 5.74) is 0.800. The third-order valence-electron chi connectivity index (χ3n) is 3.56. The molecule has 3 rings (SSSR count). The van der Waals surface area contributed by atoms with E-state index in [4.69, 9.17) is 4.74 Å². The molecule has 0 atom stereocenters. The number of rotatable bonds is 6. The lowest BCUT2D eigenvalue weighted by molar-refractivity contribution is -0.131. The number of benzene rings is 2. The fraction of sp³-hybridized carbons (Fsp3) is 0.211. The molecule has 0 amide bonds. The van der Waals surface area contributed by atoms with Gasteiger partial charge in [0.1, 0.15) is 16.5 Å². The van der Waals surface area contributed by atoms with Crippen molar-refractivity contribution in [3.63, 3.8) is 0 Å². The molecule has 0 aliphatic carbocycles. The molecule has 0 aliphatic rings. The Morgan fingerprint density at radius 1 is 1.23 bits per heavy atom. The minimum absolute atomic E-state index is 0.0545. The van der Waals surface area contributed by atoms with Crippen LogP contribution in [0.2, 0.25) is 0 Å². The SMILES string of the molecule is Cc1nc(S/C(=C\c2ccc(OC(C)C)c3ccccc23)C(=O)O)n[nH]1. The molecule has 6 nitrogen and oxygen atoms in total. The van der Waals surface area contributed by atoms with E-state index in [1.807, 2.05) is 50.2 Å². The van der Waals surface area contributed by atoms with Gasteiger partial charge in [-0.3, -0.25) is 5.10 Å². The van der Waals surface area contributed by atoms with Crippen molar-refractivity contribution >= 4 is 34.6 Å². The van der Waals surface area contributed by atoms with Gasteiger partial charge in [-0.05, 0) is 55.6 Å². The van der Waals surface area contributed by atoms with Gasteiger partial charge < -0.3 is 9.84 Å². The highest BCUT2D eigenvalue weighted by molar-refractivity contribution is 8.04. The summed E-state index contributed by atoms with van der Waals surface area (Å²) in [6, 6.07) is 11.5. The number of carboxylic acids is 1. The van der Waals surface area contributed by atoms with Crippen molar-refractivity contribution in [2.24, 2.45) is 0 Å². The Morgan fingerprint density at radius 2 is 1.96 bits per heavy atom. The number of hydrogen-bond donors (Lipinski definition) is 2. The van der Waals surface area contributed by atoms with E-state index in [2.05, 4.69) is 15.2 Å². The first-order valence-corrected chi connectivity index (χ1v) is 8.96. The number of aromatic nitrogens is 3. The molecule has 0 spiro atoms. The molecule has 2 N–H and O–H groups in total. The molecule has 0 aliphatic heterocycles. The van der Waals surface area contributed by atoms with Gasteiger partial charge in [-0.2, -0.15) is 0 Å². The number of nitrogens with zero attached hydrogens (tertiary/aromatic N) is 2. The summed E-state index contributed by atoms with van der Waals surface area (Å²) in [5, 5.41) is 18.5. The first-order chi connectivity index (χ1) is 12.4. The molecule has 1 heterocycles. The number of thioether (sulfide) groups is 1. The van der Waals surface area contributed by atoms with Gasteiger partial charge in [0, 0.05) is 5.39 Å². The lowest BCUT2D eigenvalue weighted by Gasteiger charge is -2.14. The predicted molar refractivity (Wildman–Crippen MR) is 102 cm³/mol. The summed E-state index contributed by atoms with van der Waals surface area (Å²) in [6.07, 6.45) is 1.69. The average Bonchev–Trinajstić information content (AvgIpc) is 3.00. The molecule has 1 aromatic heterocycles. The van der Waals surface area contributed by atoms with Crippen LogP contribution in [0.3, 0.4) is 0 Å². The van der Waals surface area contributed by atoms with Gasteiger partial charge in [0.25, 0.3) is 0 Å². The fourth-order valence-electron chi connectivity index (χ4n) is 2.52. The largest absolute Gasteiger partial charge is 0.490 e. The van der Waals surface area contributed by atoms with E-state index in [-0.39, 0.29) is 11.0 Å². The van der Waals surface area contributed by atoms with Crippen LogP contribution in [0.15, 0.2) is 46.5 Å². The van der Waals surface area contributed by atoms with Gasteiger partial charge in [0.05, 0.1) is 6.10 Å². The quantitative estimate of drug-likeness (QED) is 0.498. The lowest BCUT2D eigenvalue weighted by atomic mass is 10.0. The zero-order chi connectivity index (χ0) is 18.7. The second-order valence-corrected chi connectivity index (χ2v) is 6.99. The number of aliphatic carboxylic acids is 1. The fourth-order valence-corrected chi connectivity index (χ4v) is 3.26. The Bertz CT molecular complexity index is 979. The van der Waals surface area contributed by atoms with Crippen molar-refractivity contribution in [2.75, 3.05) is 0 Å². The monoisotopic (exact) mass is 369 g/mol. The molecule has 0 fully saturated rings. The van der Waals surface area contributed by atoms with Gasteiger partial charge in [-0.1, -0.05) is 30.3 Å². The summed E-state index contributed by atoms with van der Waals surface area (Å²) in [6.45, 7) is 5.71. The van der Waals surface area contributed by atoms with E-state index < -0.39 is 5.97 Å². The highest BCUT2D eigenvalue weighted by Gasteiger charge is 2.15. The van der Waals surface area contributed by atoms with Crippen molar-refractivity contribution in [1.82, 2.24) is 15.2 Å². The van der Waals surface area contributed by atoms with E-state index in [1.165, 1.54) is 0 Å². The van der Waals surface area contributed by atoms with E-state index in [0.717, 1.165) is 33.8 Å². The van der Waals surface area contributed by atoms with Crippen LogP contribution in [-0.4, -0.2) is 32.4 Å². The molecule has 0 saturated heterocycles. The van der Waals surface area contributed by atoms with Crippen molar-refractivity contribution < 1.29 is 14.6 Å². The molecule has 0 bridgehead atoms. The third kappa shape index (κ3) is 4.05. The first kappa shape index (κ1) is 18.0. The Morgan fingerprint density at radius 3 is 2.58 bits per heavy atom. The number of nitrogens with one attached hydrogen (secondary N) is 1. The molecular formula is C19H19N3O3S. The van der Waals surface area contributed by atoms with Crippen LogP contribution in [-0.2, 0) is 4.79 Å². The van der Waals surface area contributed by atoms with Gasteiger partial charge >= 0.3 is 5.97 Å². The minimum Gasteiger partial charge on any atom is -0.490 e. The van der Waals surface area contributed by atoms with Crippen molar-refractivity contribution in [1.29, 1.82) is 0 Å². The Kier molecular flexibility index (Phi) is 5.27. The molecule has 134 valence electrons. The molecule has 26 heavy (non-hydrogen) atoms. The Hall–Kier alpha value is -2.80. The zero-order valence-corrected chi connectivity index (χ0v) is 15.5. The second kappa shape index (κ2) is 7.61. The maximum atomic E-state index is 11.7. The van der Waals surface area contributed by atoms with Gasteiger partial charge in [-0.15, -0.1) is 5.10 Å². The van der Waals surface area contributed by atoms with Crippen molar-refractivity contribution in [2.45, 2.75) is 32.0 Å². The predicted octanol–water partition coefficient (Wildman–Crippen LogP) is 4.27. The average molecular weight is 369 g/mol. The van der Waals surface area contributed by atoms with Gasteiger partial charge in [0.2, 0.25) is 5.16 Å². The summed E-state index contributed by atoms with van der Waals surface area (Å²) < 4.78 is 5.87. The molecule has 0 radical (unpaired) electrons. The van der Waals surface area contributed by atoms with Crippen LogP contribution in [0.5, 0.6) is 5.75 Å². The zero-order valence-electron chi connectivity index (χ0n) is 14.7. The van der Waals surface area contributed by atoms with E-state index in [1.54, 1.807) is 13.0 Å². The van der Waals surface area contributed by atoms with Gasteiger partial charge in [0.15, 0.2) is 0 Å². The van der Waals surface area contributed by atoms with Crippen LogP contribution in [0.1, 0.15) is 25.2 Å². The number of carboxylic acid groups (broad SMARTS) is 1. The number of fused-ring (bicyclic) bond motifs is 1. The number of hydrogen-bond acceptors (Lipinski definition) is 5. The first-order valence-electron chi connectivity index (χ1n) is 8.14. The second-order valence-electron chi connectivity index (χ2n) is 5.98. The van der Waals surface area contributed by atoms with Crippen molar-refractivity contribution in [3.8, 4) is 5.75 Å². The third-order valence-corrected chi connectivity index (χ3v) is 4.43. The number of H-pyrrole nitrogens is 1. The molecule has 7 heteroatoms. The van der Waals surface area contributed by atoms with Gasteiger partial charge in [-0.25, -0.2) is 9.78 Å². The smallest absolute Gasteiger partial charge is 0.342 e. The van der Waals surface area contributed by atoms with E-state index in [9.17, 15) is 9.90 Å². The molecule has 0 saturated carbocycles. The number of aromatic amines is 1. The maximum Gasteiger partial charge on any atom is 0.342 e. The number of ether oxygens (including phenoxy) is 1.